The van der Waals surface area contributed by atoms with Gasteiger partial charge in [-0.1, -0.05) is 6.92 Å². The fourth-order valence-electron chi connectivity index (χ4n) is 0.532. The summed E-state index contributed by atoms with van der Waals surface area (Å²) in [5.74, 6) is -1.25. The number of hydrogen-bond acceptors (Lipinski definition) is 3. The second-order valence-corrected chi connectivity index (χ2v) is 2.32. The Morgan fingerprint density at radius 3 is 2.46 bits per heavy atom. The first-order valence-corrected chi connectivity index (χ1v) is 3.53. The van der Waals surface area contributed by atoms with E-state index in [-0.39, 0.29) is 6.42 Å². The fraction of sp³-hybridized carbons (Fsp3) is 0.833. The van der Waals surface area contributed by atoms with E-state index < -0.39 is 24.8 Å². The van der Waals surface area contributed by atoms with Crippen LogP contribution in [-0.4, -0.2) is 29.9 Å². The quantitative estimate of drug-likeness (QED) is 0.650. The number of carbonyl (C=O) groups is 1. The van der Waals surface area contributed by atoms with Gasteiger partial charge in [0.1, 0.15) is 6.04 Å². The Morgan fingerprint density at radius 1 is 1.62 bits per heavy atom. The average Bonchev–Trinajstić information content (AvgIpc) is 1.95. The van der Waals surface area contributed by atoms with Crippen molar-refractivity contribution in [1.82, 2.24) is 5.48 Å². The van der Waals surface area contributed by atoms with Gasteiger partial charge in [-0.05, 0) is 6.42 Å². The molecule has 1 atom stereocenters. The van der Waals surface area contributed by atoms with Crippen molar-refractivity contribution in [2.24, 2.45) is 0 Å². The summed E-state index contributed by atoms with van der Waals surface area (Å²) in [6.45, 7) is 0.0134. The van der Waals surface area contributed by atoms with Crippen molar-refractivity contribution in [3.05, 3.63) is 0 Å². The predicted molar refractivity (Wildman–Crippen MR) is 36.9 cm³/mol. The molecule has 0 heterocycles. The van der Waals surface area contributed by atoms with Gasteiger partial charge in [0.15, 0.2) is 6.61 Å². The molecule has 0 aromatic carbocycles. The van der Waals surface area contributed by atoms with E-state index in [1.807, 2.05) is 0 Å². The maximum Gasteiger partial charge on any atom is 0.413 e. The summed E-state index contributed by atoms with van der Waals surface area (Å²) >= 11 is 0. The van der Waals surface area contributed by atoms with Crippen molar-refractivity contribution in [2.75, 3.05) is 6.61 Å². The van der Waals surface area contributed by atoms with Gasteiger partial charge in [-0.2, -0.15) is 18.7 Å². The predicted octanol–water partition coefficient (Wildman–Crippen LogP) is 0.933. The summed E-state index contributed by atoms with van der Waals surface area (Å²) in [6.07, 6.45) is -4.31. The molecule has 13 heavy (non-hydrogen) atoms. The highest BCUT2D eigenvalue weighted by atomic mass is 19.4. The summed E-state index contributed by atoms with van der Waals surface area (Å²) in [7, 11) is 0. The van der Waals surface area contributed by atoms with Crippen molar-refractivity contribution >= 4 is 5.97 Å². The highest BCUT2D eigenvalue weighted by Crippen LogP contribution is 2.13. The summed E-state index contributed by atoms with van der Waals surface area (Å²) in [6, 6.07) is -1.11. The van der Waals surface area contributed by atoms with E-state index in [9.17, 15) is 18.0 Å². The van der Waals surface area contributed by atoms with Crippen LogP contribution in [0.5, 0.6) is 0 Å². The first-order valence-electron chi connectivity index (χ1n) is 3.53. The third-order valence-corrected chi connectivity index (χ3v) is 1.17. The van der Waals surface area contributed by atoms with E-state index in [2.05, 4.69) is 4.84 Å². The van der Waals surface area contributed by atoms with Crippen LogP contribution in [0, 0.1) is 0 Å². The lowest BCUT2D eigenvalue weighted by Crippen LogP contribution is -2.38. The molecule has 0 saturated carbocycles. The second kappa shape index (κ2) is 5.03. The summed E-state index contributed by atoms with van der Waals surface area (Å²) in [5.41, 5.74) is 1.81. The Morgan fingerprint density at radius 2 is 2.15 bits per heavy atom. The lowest BCUT2D eigenvalue weighted by atomic mass is 10.2. The van der Waals surface area contributed by atoms with Crippen LogP contribution in [-0.2, 0) is 9.63 Å². The smallest absolute Gasteiger partial charge is 0.413 e. The molecule has 0 amide bonds. The topological polar surface area (TPSA) is 58.6 Å². The Balaban J connectivity index is 3.68. The zero-order valence-corrected chi connectivity index (χ0v) is 6.89. The number of carboxylic acid groups (broad SMARTS) is 1. The zero-order chi connectivity index (χ0) is 10.5. The van der Waals surface area contributed by atoms with Gasteiger partial charge in [-0.15, -0.1) is 0 Å². The van der Waals surface area contributed by atoms with E-state index in [4.69, 9.17) is 5.11 Å². The van der Waals surface area contributed by atoms with Crippen LogP contribution in [0.1, 0.15) is 13.3 Å². The van der Waals surface area contributed by atoms with Gasteiger partial charge < -0.3 is 5.11 Å². The third-order valence-electron chi connectivity index (χ3n) is 1.17. The van der Waals surface area contributed by atoms with Crippen LogP contribution in [0.15, 0.2) is 0 Å². The molecule has 0 aliphatic heterocycles. The van der Waals surface area contributed by atoms with Gasteiger partial charge in [0.2, 0.25) is 0 Å². The first-order chi connectivity index (χ1) is 5.87. The maximum absolute atomic E-state index is 11.5. The van der Waals surface area contributed by atoms with Gasteiger partial charge in [-0.3, -0.25) is 9.63 Å². The fourth-order valence-corrected chi connectivity index (χ4v) is 0.532. The largest absolute Gasteiger partial charge is 0.480 e. The molecule has 0 rings (SSSR count). The molecular formula is C6H10F3NO3. The molecule has 0 aromatic rings. The summed E-state index contributed by atoms with van der Waals surface area (Å²) in [4.78, 5) is 14.2. The van der Waals surface area contributed by atoms with Crippen LogP contribution in [0.25, 0.3) is 0 Å². The van der Waals surface area contributed by atoms with E-state index in [1.165, 1.54) is 6.92 Å². The number of aliphatic carboxylic acids is 1. The van der Waals surface area contributed by atoms with Crippen LogP contribution in [0.4, 0.5) is 13.2 Å². The van der Waals surface area contributed by atoms with Crippen LogP contribution in [0.3, 0.4) is 0 Å². The lowest BCUT2D eigenvalue weighted by molar-refractivity contribution is -0.195. The van der Waals surface area contributed by atoms with Crippen molar-refractivity contribution in [3.8, 4) is 0 Å². The molecule has 0 spiro atoms. The van der Waals surface area contributed by atoms with E-state index in [0.717, 1.165) is 0 Å². The van der Waals surface area contributed by atoms with Crippen LogP contribution in [0.2, 0.25) is 0 Å². The highest BCUT2D eigenvalue weighted by molar-refractivity contribution is 5.73. The number of hydroxylamine groups is 1. The number of alkyl halides is 3. The molecule has 2 N–H and O–H groups in total. The van der Waals surface area contributed by atoms with Gasteiger partial charge in [0.05, 0.1) is 0 Å². The molecule has 1 unspecified atom stereocenters. The van der Waals surface area contributed by atoms with Crippen molar-refractivity contribution in [2.45, 2.75) is 25.6 Å². The Bertz CT molecular complexity index is 171. The van der Waals surface area contributed by atoms with E-state index in [1.54, 1.807) is 5.48 Å². The molecule has 0 aromatic heterocycles. The monoisotopic (exact) mass is 201 g/mol. The molecule has 0 aliphatic carbocycles. The van der Waals surface area contributed by atoms with Crippen LogP contribution < -0.4 is 5.48 Å². The normalized spacial score (nSPS) is 14.2. The molecule has 0 bridgehead atoms. The lowest BCUT2D eigenvalue weighted by Gasteiger charge is -2.13. The van der Waals surface area contributed by atoms with Crippen molar-refractivity contribution in [3.63, 3.8) is 0 Å². The average molecular weight is 201 g/mol. The Hall–Kier alpha value is -0.820. The SMILES string of the molecule is CCC(NOCC(F)(F)F)C(=O)O. The number of nitrogens with one attached hydrogen (secondary N) is 1. The zero-order valence-electron chi connectivity index (χ0n) is 6.89. The molecule has 0 aliphatic rings. The summed E-state index contributed by atoms with van der Waals surface area (Å²) in [5, 5.41) is 8.38. The highest BCUT2D eigenvalue weighted by Gasteiger charge is 2.28. The Kier molecular flexibility index (Phi) is 4.71. The van der Waals surface area contributed by atoms with Gasteiger partial charge in [0.25, 0.3) is 0 Å². The minimum Gasteiger partial charge on any atom is -0.480 e. The molecule has 0 saturated heterocycles. The van der Waals surface area contributed by atoms with Gasteiger partial charge in [-0.25, -0.2) is 0 Å². The standard InChI is InChI=1S/C6H10F3NO3/c1-2-4(5(11)12)10-13-3-6(7,8)9/h4,10H,2-3H2,1H3,(H,11,12). The minimum atomic E-state index is -4.45. The third kappa shape index (κ3) is 6.35. The van der Waals surface area contributed by atoms with Crippen molar-refractivity contribution < 1.29 is 27.9 Å². The Labute approximate surface area is 72.6 Å². The number of carboxylic acids is 1. The first kappa shape index (κ1) is 12.2. The van der Waals surface area contributed by atoms with Crippen molar-refractivity contribution in [1.29, 1.82) is 0 Å². The molecule has 4 nitrogen and oxygen atoms in total. The van der Waals surface area contributed by atoms with Crippen LogP contribution >= 0.6 is 0 Å². The van der Waals surface area contributed by atoms with Gasteiger partial charge >= 0.3 is 12.1 Å². The summed E-state index contributed by atoms with van der Waals surface area (Å²) < 4.78 is 34.5. The minimum absolute atomic E-state index is 0.146. The van der Waals surface area contributed by atoms with Gasteiger partial charge in [0, 0.05) is 0 Å². The maximum atomic E-state index is 11.5. The number of rotatable bonds is 5. The molecule has 7 heteroatoms. The number of halogens is 3. The molecule has 0 fully saturated rings. The molecular weight excluding hydrogens is 191 g/mol. The molecule has 0 radical (unpaired) electrons. The van der Waals surface area contributed by atoms with E-state index in [0.29, 0.717) is 0 Å². The van der Waals surface area contributed by atoms with E-state index >= 15 is 0 Å². The second-order valence-electron chi connectivity index (χ2n) is 2.32. The number of hydrogen-bond donors (Lipinski definition) is 2. The molecule has 78 valence electrons.